The van der Waals surface area contributed by atoms with Crippen LogP contribution in [0.2, 0.25) is 5.02 Å². The predicted octanol–water partition coefficient (Wildman–Crippen LogP) is 1.18. The van der Waals surface area contributed by atoms with E-state index < -0.39 is 0 Å². The second kappa shape index (κ2) is 2.86. The molecule has 0 aliphatic heterocycles. The van der Waals surface area contributed by atoms with Crippen LogP contribution >= 0.6 is 11.6 Å². The van der Waals surface area contributed by atoms with Crippen molar-refractivity contribution >= 4 is 11.6 Å². The van der Waals surface area contributed by atoms with Crippen molar-refractivity contribution in [3.8, 4) is 11.6 Å². The lowest BCUT2D eigenvalue weighted by Crippen LogP contribution is -1.88. The first-order valence-electron chi connectivity index (χ1n) is 3.10. The molecule has 12 heavy (non-hydrogen) atoms. The second-order valence-corrected chi connectivity index (χ2v) is 2.42. The Bertz CT molecular complexity index is 358. The number of halogens is 1. The number of nitrogens with zero attached hydrogens (tertiary/aromatic N) is 4. The third kappa shape index (κ3) is 1.26. The first kappa shape index (κ1) is 7.17. The van der Waals surface area contributed by atoms with Crippen LogP contribution in [0, 0.1) is 0 Å². The Morgan fingerprint density at radius 2 is 1.83 bits per heavy atom. The van der Waals surface area contributed by atoms with Gasteiger partial charge in [-0.3, -0.25) is 0 Å². The first-order valence-corrected chi connectivity index (χ1v) is 3.48. The quantitative estimate of drug-likeness (QED) is 0.663. The molecule has 2 aromatic heterocycles. The Morgan fingerprint density at radius 1 is 1.08 bits per heavy atom. The Balaban J connectivity index is 2.43. The molecule has 0 saturated carbocycles. The number of rotatable bonds is 1. The molecule has 0 N–H and O–H groups in total. The molecular weight excluding hydrogens is 180 g/mol. The summed E-state index contributed by atoms with van der Waals surface area (Å²) in [6.07, 6.45) is 4.16. The molecule has 6 heteroatoms. The summed E-state index contributed by atoms with van der Waals surface area (Å²) in [5, 5.41) is 4.04. The lowest BCUT2D eigenvalue weighted by molar-refractivity contribution is 0.418. The van der Waals surface area contributed by atoms with E-state index in [1.54, 1.807) is 0 Å². The molecule has 5 nitrogen and oxygen atoms in total. The summed E-state index contributed by atoms with van der Waals surface area (Å²) in [5.74, 6) is 0.750. The monoisotopic (exact) mass is 182 g/mol. The fraction of sp³-hybridized carbons (Fsp3) is 0. The molecule has 0 atom stereocenters. The van der Waals surface area contributed by atoms with Gasteiger partial charge >= 0.3 is 0 Å². The van der Waals surface area contributed by atoms with Crippen molar-refractivity contribution < 1.29 is 4.52 Å². The highest BCUT2D eigenvalue weighted by Crippen LogP contribution is 2.09. The third-order valence-electron chi connectivity index (χ3n) is 1.18. The second-order valence-electron chi connectivity index (χ2n) is 1.98. The molecule has 2 aromatic rings. The van der Waals surface area contributed by atoms with Gasteiger partial charge in [-0.05, 0) is 0 Å². The van der Waals surface area contributed by atoms with Gasteiger partial charge in [0.2, 0.25) is 18.0 Å². The lowest BCUT2D eigenvalue weighted by atomic mass is 10.5. The molecule has 0 unspecified atom stereocenters. The van der Waals surface area contributed by atoms with Crippen LogP contribution in [0.5, 0.6) is 0 Å². The molecule has 60 valence electrons. The zero-order valence-corrected chi connectivity index (χ0v) is 6.56. The van der Waals surface area contributed by atoms with Crippen LogP contribution in [0.4, 0.5) is 0 Å². The minimum Gasteiger partial charge on any atom is -0.342 e. The van der Waals surface area contributed by atoms with Gasteiger partial charge in [-0.25, -0.2) is 9.97 Å². The van der Waals surface area contributed by atoms with Gasteiger partial charge in [0.15, 0.2) is 0 Å². The lowest BCUT2D eigenvalue weighted by Gasteiger charge is -1.90. The van der Waals surface area contributed by atoms with Crippen LogP contribution in [0.15, 0.2) is 23.3 Å². The molecule has 2 heterocycles. The SMILES string of the molecule is Clc1cnc(-c2ncon2)nc1. The van der Waals surface area contributed by atoms with Gasteiger partial charge in [-0.15, -0.1) is 0 Å². The maximum Gasteiger partial charge on any atom is 0.239 e. The van der Waals surface area contributed by atoms with Crippen molar-refractivity contribution in [2.45, 2.75) is 0 Å². The van der Waals surface area contributed by atoms with Gasteiger partial charge in [-0.1, -0.05) is 16.8 Å². The molecule has 0 aromatic carbocycles. The summed E-state index contributed by atoms with van der Waals surface area (Å²) in [6, 6.07) is 0. The van der Waals surface area contributed by atoms with Gasteiger partial charge < -0.3 is 4.52 Å². The predicted molar refractivity (Wildman–Crippen MR) is 40.3 cm³/mol. The van der Waals surface area contributed by atoms with Crippen molar-refractivity contribution in [2.24, 2.45) is 0 Å². The summed E-state index contributed by atoms with van der Waals surface area (Å²) in [6.45, 7) is 0. The fourth-order valence-electron chi connectivity index (χ4n) is 0.697. The fourth-order valence-corrected chi connectivity index (χ4v) is 0.794. The number of hydrogen-bond donors (Lipinski definition) is 0. The molecule has 0 amide bonds. The number of aromatic nitrogens is 4. The molecule has 0 aliphatic rings. The van der Waals surface area contributed by atoms with Gasteiger partial charge in [0, 0.05) is 12.4 Å². The van der Waals surface area contributed by atoms with E-state index in [1.807, 2.05) is 0 Å². The third-order valence-corrected chi connectivity index (χ3v) is 1.38. The normalized spacial score (nSPS) is 10.1. The maximum atomic E-state index is 5.58. The van der Waals surface area contributed by atoms with Gasteiger partial charge in [0.25, 0.3) is 0 Å². The van der Waals surface area contributed by atoms with Crippen molar-refractivity contribution in [2.75, 3.05) is 0 Å². The van der Waals surface area contributed by atoms with Crippen LogP contribution in [0.25, 0.3) is 11.6 Å². The van der Waals surface area contributed by atoms with E-state index in [4.69, 9.17) is 11.6 Å². The standard InChI is InChI=1S/C6H3ClN4O/c7-4-1-8-5(9-2-4)6-10-3-12-11-6/h1-3H. The van der Waals surface area contributed by atoms with Crippen molar-refractivity contribution in [1.82, 2.24) is 20.1 Å². The van der Waals surface area contributed by atoms with E-state index in [9.17, 15) is 0 Å². The van der Waals surface area contributed by atoms with E-state index in [0.717, 1.165) is 0 Å². The van der Waals surface area contributed by atoms with E-state index in [2.05, 4.69) is 24.6 Å². The number of hydrogen-bond acceptors (Lipinski definition) is 5. The highest BCUT2D eigenvalue weighted by Gasteiger charge is 2.04. The highest BCUT2D eigenvalue weighted by atomic mass is 35.5. The maximum absolute atomic E-state index is 5.58. The molecule has 0 saturated heterocycles. The average Bonchev–Trinajstić information content (AvgIpc) is 2.58. The van der Waals surface area contributed by atoms with Crippen LogP contribution in [0.1, 0.15) is 0 Å². The molecule has 0 aliphatic carbocycles. The minimum absolute atomic E-state index is 0.353. The molecular formula is C6H3ClN4O. The van der Waals surface area contributed by atoms with Crippen LogP contribution in [0.3, 0.4) is 0 Å². The Kier molecular flexibility index (Phi) is 1.71. The van der Waals surface area contributed by atoms with Crippen molar-refractivity contribution in [3.63, 3.8) is 0 Å². The smallest absolute Gasteiger partial charge is 0.239 e. The zero-order chi connectivity index (χ0) is 8.39. The first-order chi connectivity index (χ1) is 5.86. The van der Waals surface area contributed by atoms with Crippen LogP contribution in [-0.4, -0.2) is 20.1 Å². The highest BCUT2D eigenvalue weighted by molar-refractivity contribution is 6.30. The van der Waals surface area contributed by atoms with Gasteiger partial charge in [0.05, 0.1) is 5.02 Å². The Morgan fingerprint density at radius 3 is 2.42 bits per heavy atom. The zero-order valence-electron chi connectivity index (χ0n) is 5.81. The Hall–Kier alpha value is -1.49. The molecule has 0 radical (unpaired) electrons. The van der Waals surface area contributed by atoms with Crippen LogP contribution < -0.4 is 0 Å². The molecule has 0 spiro atoms. The molecule has 0 bridgehead atoms. The van der Waals surface area contributed by atoms with Crippen molar-refractivity contribution in [1.29, 1.82) is 0 Å². The van der Waals surface area contributed by atoms with Gasteiger partial charge in [-0.2, -0.15) is 4.98 Å². The topological polar surface area (TPSA) is 64.7 Å². The van der Waals surface area contributed by atoms with E-state index in [0.29, 0.717) is 16.7 Å². The van der Waals surface area contributed by atoms with E-state index in [1.165, 1.54) is 18.8 Å². The average molecular weight is 183 g/mol. The molecule has 2 rings (SSSR count). The summed E-state index contributed by atoms with van der Waals surface area (Å²) in [5.41, 5.74) is 0. The van der Waals surface area contributed by atoms with Crippen molar-refractivity contribution in [3.05, 3.63) is 23.8 Å². The summed E-state index contributed by atoms with van der Waals surface area (Å²) in [4.78, 5) is 11.6. The largest absolute Gasteiger partial charge is 0.342 e. The summed E-state index contributed by atoms with van der Waals surface area (Å²) >= 11 is 5.58. The van der Waals surface area contributed by atoms with E-state index >= 15 is 0 Å². The van der Waals surface area contributed by atoms with Crippen LogP contribution in [-0.2, 0) is 0 Å². The van der Waals surface area contributed by atoms with E-state index in [-0.39, 0.29) is 0 Å². The summed E-state index contributed by atoms with van der Waals surface area (Å²) < 4.78 is 4.53. The van der Waals surface area contributed by atoms with Gasteiger partial charge in [0.1, 0.15) is 0 Å². The minimum atomic E-state index is 0.353. The molecule has 0 fully saturated rings. The Labute approximate surface area is 72.4 Å². The summed E-state index contributed by atoms with van der Waals surface area (Å²) in [7, 11) is 0.